The molecule has 2 rings (SSSR count). The molecule has 1 aromatic heterocycles. The number of aryl methyl sites for hydroxylation is 1. The number of hydrogen-bond acceptors (Lipinski definition) is 3. The molecule has 19 heavy (non-hydrogen) atoms. The van der Waals surface area contributed by atoms with E-state index in [1.54, 1.807) is 17.3 Å². The Balaban J connectivity index is 1.83. The Morgan fingerprint density at radius 2 is 2.16 bits per heavy atom. The molecule has 0 atom stereocenters. The highest BCUT2D eigenvalue weighted by Gasteiger charge is 2.32. The number of aromatic nitrogens is 1. The van der Waals surface area contributed by atoms with Crippen LogP contribution in [-0.2, 0) is 16.0 Å². The molecule has 1 amide bonds. The van der Waals surface area contributed by atoms with Crippen molar-refractivity contribution in [3.05, 3.63) is 30.1 Å². The van der Waals surface area contributed by atoms with Crippen LogP contribution in [0.1, 0.15) is 31.2 Å². The van der Waals surface area contributed by atoms with Crippen molar-refractivity contribution in [2.24, 2.45) is 0 Å². The molecule has 0 aliphatic heterocycles. The first kappa shape index (κ1) is 13.5. The maximum atomic E-state index is 12.1. The number of rotatable bonds is 7. The maximum absolute atomic E-state index is 12.1. The second-order valence-corrected chi connectivity index (χ2v) is 4.82. The zero-order valence-corrected chi connectivity index (χ0v) is 10.8. The lowest BCUT2D eigenvalue weighted by Crippen LogP contribution is -2.35. The van der Waals surface area contributed by atoms with Gasteiger partial charge >= 0.3 is 5.97 Å². The Morgan fingerprint density at radius 1 is 1.37 bits per heavy atom. The van der Waals surface area contributed by atoms with Crippen LogP contribution >= 0.6 is 0 Å². The fourth-order valence-corrected chi connectivity index (χ4v) is 2.05. The van der Waals surface area contributed by atoms with Gasteiger partial charge in [-0.1, -0.05) is 6.07 Å². The number of hydrogen-bond donors (Lipinski definition) is 1. The Labute approximate surface area is 112 Å². The highest BCUT2D eigenvalue weighted by molar-refractivity contribution is 5.78. The Bertz CT molecular complexity index is 443. The van der Waals surface area contributed by atoms with E-state index >= 15 is 0 Å². The van der Waals surface area contributed by atoms with Gasteiger partial charge in [0, 0.05) is 31.4 Å². The molecule has 0 unspecified atom stereocenters. The van der Waals surface area contributed by atoms with Crippen LogP contribution in [0.2, 0.25) is 0 Å². The third-order valence-corrected chi connectivity index (χ3v) is 3.22. The average Bonchev–Trinajstić information content (AvgIpc) is 3.22. The highest BCUT2D eigenvalue weighted by Crippen LogP contribution is 2.27. The van der Waals surface area contributed by atoms with Gasteiger partial charge in [0.25, 0.3) is 0 Å². The molecule has 0 saturated heterocycles. The molecule has 1 aromatic rings. The first-order chi connectivity index (χ1) is 9.16. The van der Waals surface area contributed by atoms with Crippen molar-refractivity contribution in [3.63, 3.8) is 0 Å². The molecule has 1 heterocycles. The first-order valence-corrected chi connectivity index (χ1v) is 6.57. The summed E-state index contributed by atoms with van der Waals surface area (Å²) >= 11 is 0. The summed E-state index contributed by atoms with van der Waals surface area (Å²) in [5.41, 5.74) is 1.03. The summed E-state index contributed by atoms with van der Waals surface area (Å²) in [4.78, 5) is 28.5. The van der Waals surface area contributed by atoms with Crippen molar-refractivity contribution in [3.8, 4) is 0 Å². The van der Waals surface area contributed by atoms with Crippen LogP contribution < -0.4 is 0 Å². The Kier molecular flexibility index (Phi) is 4.49. The third-order valence-electron chi connectivity index (χ3n) is 3.22. The van der Waals surface area contributed by atoms with E-state index in [0.717, 1.165) is 18.4 Å². The monoisotopic (exact) mass is 262 g/mol. The number of pyridine rings is 1. The summed E-state index contributed by atoms with van der Waals surface area (Å²) < 4.78 is 0. The van der Waals surface area contributed by atoms with Crippen LogP contribution in [0.3, 0.4) is 0 Å². The third kappa shape index (κ3) is 4.35. The van der Waals surface area contributed by atoms with Gasteiger partial charge < -0.3 is 10.0 Å². The van der Waals surface area contributed by atoms with E-state index < -0.39 is 5.97 Å². The van der Waals surface area contributed by atoms with Crippen molar-refractivity contribution in [2.45, 2.75) is 38.1 Å². The number of carbonyl (C=O) groups excluding carboxylic acids is 1. The number of carboxylic acids is 1. The van der Waals surface area contributed by atoms with E-state index in [1.165, 1.54) is 0 Å². The molecule has 0 bridgehead atoms. The quantitative estimate of drug-likeness (QED) is 0.808. The molecule has 1 fully saturated rings. The second-order valence-electron chi connectivity index (χ2n) is 4.82. The number of carbonyl (C=O) groups is 2. The Hall–Kier alpha value is -1.91. The number of carboxylic acid groups (broad SMARTS) is 1. The summed E-state index contributed by atoms with van der Waals surface area (Å²) in [5.74, 6) is -0.807. The largest absolute Gasteiger partial charge is 0.481 e. The summed E-state index contributed by atoms with van der Waals surface area (Å²) in [5, 5.41) is 8.71. The van der Waals surface area contributed by atoms with E-state index in [1.807, 2.05) is 12.1 Å². The molecule has 1 aliphatic carbocycles. The van der Waals surface area contributed by atoms with Gasteiger partial charge in [-0.25, -0.2) is 0 Å². The minimum absolute atomic E-state index is 0.0229. The normalized spacial score (nSPS) is 14.1. The average molecular weight is 262 g/mol. The number of amides is 1. The lowest BCUT2D eigenvalue weighted by atomic mass is 10.1. The van der Waals surface area contributed by atoms with Gasteiger partial charge in [0.05, 0.1) is 6.42 Å². The molecular formula is C14H18N2O3. The summed E-state index contributed by atoms with van der Waals surface area (Å²) in [6.45, 7) is 0.325. The topological polar surface area (TPSA) is 70.5 Å². The van der Waals surface area contributed by atoms with Crippen LogP contribution in [0.15, 0.2) is 24.5 Å². The van der Waals surface area contributed by atoms with Crippen LogP contribution in [0.25, 0.3) is 0 Å². The second kappa shape index (κ2) is 6.31. The molecule has 1 saturated carbocycles. The van der Waals surface area contributed by atoms with Crippen molar-refractivity contribution in [1.29, 1.82) is 0 Å². The smallest absolute Gasteiger partial charge is 0.305 e. The fraction of sp³-hybridized carbons (Fsp3) is 0.500. The predicted octanol–water partition coefficient (Wildman–Crippen LogP) is 1.48. The van der Waals surface area contributed by atoms with Gasteiger partial charge in [-0.3, -0.25) is 14.6 Å². The molecule has 0 aromatic carbocycles. The van der Waals surface area contributed by atoms with Crippen LogP contribution in [0.5, 0.6) is 0 Å². The van der Waals surface area contributed by atoms with Crippen molar-refractivity contribution in [1.82, 2.24) is 9.88 Å². The predicted molar refractivity (Wildman–Crippen MR) is 69.5 cm³/mol. The molecular weight excluding hydrogens is 244 g/mol. The van der Waals surface area contributed by atoms with E-state index in [0.29, 0.717) is 19.4 Å². The van der Waals surface area contributed by atoms with E-state index in [2.05, 4.69) is 4.98 Å². The molecule has 0 spiro atoms. The summed E-state index contributed by atoms with van der Waals surface area (Å²) in [6.07, 6.45) is 6.55. The van der Waals surface area contributed by atoms with E-state index in [9.17, 15) is 9.59 Å². The molecule has 1 N–H and O–H groups in total. The minimum atomic E-state index is -0.856. The van der Waals surface area contributed by atoms with Crippen LogP contribution in [0.4, 0.5) is 0 Å². The van der Waals surface area contributed by atoms with E-state index in [4.69, 9.17) is 5.11 Å². The van der Waals surface area contributed by atoms with Gasteiger partial charge in [-0.15, -0.1) is 0 Å². The molecule has 1 aliphatic rings. The van der Waals surface area contributed by atoms with E-state index in [-0.39, 0.29) is 18.4 Å². The summed E-state index contributed by atoms with van der Waals surface area (Å²) in [6, 6.07) is 4.06. The summed E-state index contributed by atoms with van der Waals surface area (Å²) in [7, 11) is 0. The van der Waals surface area contributed by atoms with Crippen molar-refractivity contribution < 1.29 is 14.7 Å². The fourth-order valence-electron chi connectivity index (χ4n) is 2.05. The van der Waals surface area contributed by atoms with Gasteiger partial charge in [-0.05, 0) is 30.9 Å². The van der Waals surface area contributed by atoms with Gasteiger partial charge in [-0.2, -0.15) is 0 Å². The van der Waals surface area contributed by atoms with Crippen molar-refractivity contribution in [2.75, 3.05) is 6.54 Å². The minimum Gasteiger partial charge on any atom is -0.481 e. The lowest BCUT2D eigenvalue weighted by Gasteiger charge is -2.21. The van der Waals surface area contributed by atoms with Crippen LogP contribution in [-0.4, -0.2) is 39.5 Å². The molecule has 102 valence electrons. The molecule has 5 nitrogen and oxygen atoms in total. The van der Waals surface area contributed by atoms with Crippen molar-refractivity contribution >= 4 is 11.9 Å². The number of aliphatic carboxylic acids is 1. The molecule has 5 heteroatoms. The first-order valence-electron chi connectivity index (χ1n) is 6.57. The Morgan fingerprint density at radius 3 is 2.74 bits per heavy atom. The number of nitrogens with zero attached hydrogens (tertiary/aromatic N) is 2. The standard InChI is InChI=1S/C14H18N2O3/c17-13(6-3-11-2-1-8-15-10-11)16(12-4-5-12)9-7-14(18)19/h1-2,8,10,12H,3-7,9H2,(H,18,19). The van der Waals surface area contributed by atoms with Crippen LogP contribution in [0, 0.1) is 0 Å². The highest BCUT2D eigenvalue weighted by atomic mass is 16.4. The lowest BCUT2D eigenvalue weighted by molar-refractivity contribution is -0.138. The van der Waals surface area contributed by atoms with Gasteiger partial charge in [0.15, 0.2) is 0 Å². The SMILES string of the molecule is O=C(O)CCN(C(=O)CCc1cccnc1)C1CC1. The van der Waals surface area contributed by atoms with Gasteiger partial charge in [0.1, 0.15) is 0 Å². The zero-order chi connectivity index (χ0) is 13.7. The molecule has 0 radical (unpaired) electrons. The van der Waals surface area contributed by atoms with Gasteiger partial charge in [0.2, 0.25) is 5.91 Å². The maximum Gasteiger partial charge on any atom is 0.305 e. The zero-order valence-electron chi connectivity index (χ0n) is 10.8.